The van der Waals surface area contributed by atoms with Gasteiger partial charge in [-0.2, -0.15) is 0 Å². The van der Waals surface area contributed by atoms with E-state index in [1.807, 2.05) is 0 Å². The highest BCUT2D eigenvalue weighted by atomic mass is 15.0. The number of aromatic nitrogens is 1. The molecule has 0 aliphatic carbocycles. The van der Waals surface area contributed by atoms with Gasteiger partial charge in [-0.25, -0.2) is 0 Å². The lowest BCUT2D eigenvalue weighted by atomic mass is 9.92. The topological polar surface area (TPSA) is 4.93 Å². The van der Waals surface area contributed by atoms with Crippen molar-refractivity contribution >= 4 is 21.7 Å². The minimum absolute atomic E-state index is 0.175. The molecule has 1 aromatic heterocycles. The van der Waals surface area contributed by atoms with Gasteiger partial charge in [-0.15, -0.1) is 0 Å². The average Bonchev–Trinajstić information content (AvgIpc) is 2.67. The van der Waals surface area contributed by atoms with Crippen molar-refractivity contribution in [3.05, 3.63) is 48.2 Å². The number of rotatable bonds is 0. The molecule has 0 aliphatic rings. The fraction of sp³-hybridized carbons (Fsp3) is 0.294. The van der Waals surface area contributed by atoms with Crippen LogP contribution in [0, 0.1) is 0 Å². The van der Waals surface area contributed by atoms with Crippen molar-refractivity contribution in [1.82, 2.24) is 4.57 Å². The van der Waals surface area contributed by atoms with Crippen LogP contribution in [0.5, 0.6) is 0 Å². The third-order valence-corrected chi connectivity index (χ3v) is 3.72. The molecule has 0 spiro atoms. The molecule has 0 aliphatic heterocycles. The highest BCUT2D eigenvalue weighted by Gasteiger charge is 2.19. The minimum atomic E-state index is 0.175. The van der Waals surface area contributed by atoms with E-state index in [-0.39, 0.29) is 5.41 Å². The van der Waals surface area contributed by atoms with Crippen LogP contribution in [-0.4, -0.2) is 4.57 Å². The predicted octanol–water partition coefficient (Wildman–Crippen LogP) is 4.63. The number of hydrogen-bond donors (Lipinski definition) is 0. The summed E-state index contributed by atoms with van der Waals surface area (Å²) in [6.45, 7) is 6.80. The van der Waals surface area contributed by atoms with Crippen molar-refractivity contribution in [3.63, 3.8) is 0 Å². The Morgan fingerprint density at radius 3 is 2.33 bits per heavy atom. The molecular formula is C17H19N. The van der Waals surface area contributed by atoms with Gasteiger partial charge < -0.3 is 4.57 Å². The van der Waals surface area contributed by atoms with E-state index < -0.39 is 0 Å². The maximum atomic E-state index is 2.34. The molecule has 3 aromatic rings. The Kier molecular flexibility index (Phi) is 2.28. The molecule has 0 unspecified atom stereocenters. The van der Waals surface area contributed by atoms with Gasteiger partial charge in [-0.3, -0.25) is 0 Å². The molecule has 0 radical (unpaired) electrons. The fourth-order valence-corrected chi connectivity index (χ4v) is 2.81. The molecule has 0 fully saturated rings. The lowest BCUT2D eigenvalue weighted by molar-refractivity contribution is 0.547. The molecule has 0 N–H and O–H groups in total. The van der Waals surface area contributed by atoms with Crippen molar-refractivity contribution < 1.29 is 0 Å². The zero-order chi connectivity index (χ0) is 12.9. The van der Waals surface area contributed by atoms with Crippen LogP contribution in [0.25, 0.3) is 21.7 Å². The van der Waals surface area contributed by atoms with Crippen molar-refractivity contribution in [2.24, 2.45) is 7.05 Å². The minimum Gasteiger partial charge on any atom is -0.347 e. The van der Waals surface area contributed by atoms with Gasteiger partial charge in [0.15, 0.2) is 0 Å². The monoisotopic (exact) mass is 237 g/mol. The van der Waals surface area contributed by atoms with E-state index >= 15 is 0 Å². The Balaban J connectivity index is 2.46. The van der Waals surface area contributed by atoms with E-state index in [1.165, 1.54) is 27.4 Å². The van der Waals surface area contributed by atoms with E-state index in [9.17, 15) is 0 Å². The molecule has 3 rings (SSSR count). The molecular weight excluding hydrogens is 218 g/mol. The molecule has 2 aromatic carbocycles. The lowest BCUT2D eigenvalue weighted by Gasteiger charge is -2.19. The van der Waals surface area contributed by atoms with Gasteiger partial charge in [-0.1, -0.05) is 51.1 Å². The second kappa shape index (κ2) is 3.61. The Morgan fingerprint density at radius 1 is 0.889 bits per heavy atom. The zero-order valence-electron chi connectivity index (χ0n) is 11.5. The van der Waals surface area contributed by atoms with Gasteiger partial charge in [0.1, 0.15) is 0 Å². The number of hydrogen-bond acceptors (Lipinski definition) is 0. The van der Waals surface area contributed by atoms with Gasteiger partial charge in [0, 0.05) is 29.1 Å². The first-order valence-electron chi connectivity index (χ1n) is 6.46. The molecule has 0 saturated carbocycles. The number of fused-ring (bicyclic) bond motifs is 3. The summed E-state index contributed by atoms with van der Waals surface area (Å²) in [5, 5.41) is 4.03. The van der Waals surface area contributed by atoms with E-state index in [4.69, 9.17) is 0 Å². The first-order chi connectivity index (χ1) is 8.48. The Hall–Kier alpha value is -1.76. The standard InChI is InChI=1S/C17H19N/c1-17(2,3)16-11-14-13-8-6-5-7-12(13)9-10-15(14)18(16)4/h5-11H,1-4H3. The summed E-state index contributed by atoms with van der Waals surface area (Å²) >= 11 is 0. The fourth-order valence-electron chi connectivity index (χ4n) is 2.81. The van der Waals surface area contributed by atoms with Gasteiger partial charge in [0.05, 0.1) is 0 Å². The highest BCUT2D eigenvalue weighted by Crippen LogP contribution is 2.32. The van der Waals surface area contributed by atoms with E-state index in [2.05, 4.69) is 74.9 Å². The maximum absolute atomic E-state index is 2.34. The summed E-state index contributed by atoms with van der Waals surface area (Å²) in [6.07, 6.45) is 0. The molecule has 0 atom stereocenters. The summed E-state index contributed by atoms with van der Waals surface area (Å²) in [4.78, 5) is 0. The second-order valence-corrected chi connectivity index (χ2v) is 6.06. The summed E-state index contributed by atoms with van der Waals surface area (Å²) in [5.74, 6) is 0. The third-order valence-electron chi connectivity index (χ3n) is 3.72. The van der Waals surface area contributed by atoms with Crippen LogP contribution in [0.3, 0.4) is 0 Å². The van der Waals surface area contributed by atoms with Crippen LogP contribution in [0.15, 0.2) is 42.5 Å². The van der Waals surface area contributed by atoms with Crippen LogP contribution in [-0.2, 0) is 12.5 Å². The van der Waals surface area contributed by atoms with E-state index in [1.54, 1.807) is 0 Å². The van der Waals surface area contributed by atoms with Crippen LogP contribution in [0.1, 0.15) is 26.5 Å². The summed E-state index contributed by atoms with van der Waals surface area (Å²) in [5.41, 5.74) is 2.88. The zero-order valence-corrected chi connectivity index (χ0v) is 11.5. The largest absolute Gasteiger partial charge is 0.347 e. The average molecular weight is 237 g/mol. The quantitative estimate of drug-likeness (QED) is 0.537. The Bertz CT molecular complexity index is 726. The van der Waals surface area contributed by atoms with Crippen molar-refractivity contribution in [2.45, 2.75) is 26.2 Å². The first-order valence-corrected chi connectivity index (χ1v) is 6.46. The lowest BCUT2D eigenvalue weighted by Crippen LogP contribution is -2.15. The van der Waals surface area contributed by atoms with E-state index in [0.717, 1.165) is 0 Å². The predicted molar refractivity (Wildman–Crippen MR) is 79.1 cm³/mol. The van der Waals surface area contributed by atoms with Crippen LogP contribution >= 0.6 is 0 Å². The SMILES string of the molecule is Cn1c(C(C)(C)C)cc2c3ccccc3ccc21. The Morgan fingerprint density at radius 2 is 1.61 bits per heavy atom. The molecule has 1 heterocycles. The molecule has 0 amide bonds. The molecule has 1 heteroatoms. The maximum Gasteiger partial charge on any atom is 0.0486 e. The first kappa shape index (κ1) is 11.3. The van der Waals surface area contributed by atoms with Crippen LogP contribution < -0.4 is 0 Å². The van der Waals surface area contributed by atoms with E-state index in [0.29, 0.717) is 0 Å². The van der Waals surface area contributed by atoms with Crippen molar-refractivity contribution in [2.75, 3.05) is 0 Å². The summed E-state index contributed by atoms with van der Waals surface area (Å²) in [7, 11) is 2.16. The third kappa shape index (κ3) is 1.54. The van der Waals surface area contributed by atoms with Gasteiger partial charge in [0.2, 0.25) is 0 Å². The smallest absolute Gasteiger partial charge is 0.0486 e. The van der Waals surface area contributed by atoms with Crippen LogP contribution in [0.2, 0.25) is 0 Å². The highest BCUT2D eigenvalue weighted by molar-refractivity contribution is 6.07. The van der Waals surface area contributed by atoms with Gasteiger partial charge in [-0.05, 0) is 22.9 Å². The van der Waals surface area contributed by atoms with Crippen molar-refractivity contribution in [1.29, 1.82) is 0 Å². The van der Waals surface area contributed by atoms with Gasteiger partial charge >= 0.3 is 0 Å². The number of nitrogens with zero attached hydrogens (tertiary/aromatic N) is 1. The number of aryl methyl sites for hydroxylation is 1. The van der Waals surface area contributed by atoms with Crippen LogP contribution in [0.4, 0.5) is 0 Å². The molecule has 1 nitrogen and oxygen atoms in total. The Labute approximate surface area is 108 Å². The molecule has 0 saturated heterocycles. The summed E-state index contributed by atoms with van der Waals surface area (Å²) < 4.78 is 2.32. The molecule has 92 valence electrons. The van der Waals surface area contributed by atoms with Gasteiger partial charge in [0.25, 0.3) is 0 Å². The second-order valence-electron chi connectivity index (χ2n) is 6.06. The summed E-state index contributed by atoms with van der Waals surface area (Å²) in [6, 6.07) is 15.4. The normalized spacial score (nSPS) is 12.4. The van der Waals surface area contributed by atoms with Crippen molar-refractivity contribution in [3.8, 4) is 0 Å². The molecule has 0 bridgehead atoms. The number of benzene rings is 2. The molecule has 18 heavy (non-hydrogen) atoms.